The van der Waals surface area contributed by atoms with Crippen molar-refractivity contribution in [3.05, 3.63) is 12.2 Å². The number of carbonyl (C=O) groups is 4. The molecule has 0 spiro atoms. The average Bonchev–Trinajstić information content (AvgIpc) is 2.76. The second-order valence-corrected chi connectivity index (χ2v) is 4.48. The minimum atomic E-state index is -0.740. The number of aliphatic carboxylic acids is 2. The summed E-state index contributed by atoms with van der Waals surface area (Å²) in [6.45, 7) is 0. The van der Waals surface area contributed by atoms with Gasteiger partial charge in [0, 0.05) is 25.0 Å². The van der Waals surface area contributed by atoms with Crippen molar-refractivity contribution in [1.29, 1.82) is 0 Å². The zero-order chi connectivity index (χ0) is 16.1. The van der Waals surface area contributed by atoms with Crippen LogP contribution in [0.4, 0.5) is 0 Å². The Hall–Kier alpha value is -2.18. The van der Waals surface area contributed by atoms with Crippen molar-refractivity contribution >= 4 is 23.9 Å². The van der Waals surface area contributed by atoms with E-state index in [2.05, 4.69) is 4.74 Å². The Kier molecular flexibility index (Phi) is 10.4. The number of unbranched alkanes of at least 4 members (excludes halogenated alkanes) is 5. The van der Waals surface area contributed by atoms with E-state index >= 15 is 0 Å². The van der Waals surface area contributed by atoms with Gasteiger partial charge >= 0.3 is 23.9 Å². The van der Waals surface area contributed by atoms with Gasteiger partial charge in [0.05, 0.1) is 0 Å². The van der Waals surface area contributed by atoms with Crippen LogP contribution >= 0.6 is 0 Å². The SMILES string of the molecule is O=C(O)CCCCCCCCC(=O)O.O=C1C=CC(=O)O1. The van der Waals surface area contributed by atoms with Crippen LogP contribution in [0.3, 0.4) is 0 Å². The number of rotatable bonds is 9. The minimum Gasteiger partial charge on any atom is -0.481 e. The van der Waals surface area contributed by atoms with Crippen LogP contribution < -0.4 is 0 Å². The Balaban J connectivity index is 0.000000471. The predicted molar refractivity (Wildman–Crippen MR) is 72.4 cm³/mol. The summed E-state index contributed by atoms with van der Waals surface area (Å²) in [7, 11) is 0. The van der Waals surface area contributed by atoms with Gasteiger partial charge in [-0.15, -0.1) is 0 Å². The first-order valence-electron chi connectivity index (χ1n) is 6.79. The van der Waals surface area contributed by atoms with E-state index in [0.717, 1.165) is 50.7 Å². The Bertz CT molecular complexity index is 362. The van der Waals surface area contributed by atoms with Crippen molar-refractivity contribution in [3.63, 3.8) is 0 Å². The summed E-state index contributed by atoms with van der Waals surface area (Å²) in [6, 6.07) is 0. The second-order valence-electron chi connectivity index (χ2n) is 4.48. The first kappa shape index (κ1) is 18.8. The van der Waals surface area contributed by atoms with E-state index < -0.39 is 23.9 Å². The monoisotopic (exact) mass is 300 g/mol. The molecule has 0 fully saturated rings. The van der Waals surface area contributed by atoms with Crippen molar-refractivity contribution in [2.24, 2.45) is 0 Å². The average molecular weight is 300 g/mol. The lowest BCUT2D eigenvalue weighted by atomic mass is 10.1. The Labute approximate surface area is 122 Å². The smallest absolute Gasteiger partial charge is 0.338 e. The molecule has 0 bridgehead atoms. The molecule has 7 heteroatoms. The normalized spacial score (nSPS) is 12.6. The van der Waals surface area contributed by atoms with Crippen LogP contribution in [0.15, 0.2) is 12.2 Å². The molecule has 0 saturated carbocycles. The highest BCUT2D eigenvalue weighted by molar-refractivity contribution is 6.04. The molecule has 0 aromatic rings. The number of esters is 2. The van der Waals surface area contributed by atoms with Crippen molar-refractivity contribution in [2.75, 3.05) is 0 Å². The van der Waals surface area contributed by atoms with Crippen LogP contribution in [-0.2, 0) is 23.9 Å². The highest BCUT2D eigenvalue weighted by Gasteiger charge is 2.10. The summed E-state index contributed by atoms with van der Waals surface area (Å²) in [5, 5.41) is 16.7. The van der Waals surface area contributed by atoms with Crippen molar-refractivity contribution in [3.8, 4) is 0 Å². The summed E-state index contributed by atoms with van der Waals surface area (Å²) in [6.07, 6.45) is 8.00. The van der Waals surface area contributed by atoms with Gasteiger partial charge in [-0.3, -0.25) is 9.59 Å². The number of ether oxygens (including phenoxy) is 1. The van der Waals surface area contributed by atoms with Crippen LogP contribution in [0.5, 0.6) is 0 Å². The first-order valence-corrected chi connectivity index (χ1v) is 6.79. The van der Waals surface area contributed by atoms with Crippen LogP contribution in [0.2, 0.25) is 0 Å². The summed E-state index contributed by atoms with van der Waals surface area (Å²) in [5.41, 5.74) is 0. The second kappa shape index (κ2) is 11.6. The molecule has 1 aliphatic rings. The molecule has 1 heterocycles. The third-order valence-corrected chi connectivity index (χ3v) is 2.59. The van der Waals surface area contributed by atoms with E-state index in [-0.39, 0.29) is 12.8 Å². The van der Waals surface area contributed by atoms with Crippen molar-refractivity contribution in [1.82, 2.24) is 0 Å². The van der Waals surface area contributed by atoms with Crippen LogP contribution in [0.1, 0.15) is 51.4 Å². The largest absolute Gasteiger partial charge is 0.481 e. The summed E-state index contributed by atoms with van der Waals surface area (Å²) >= 11 is 0. The predicted octanol–water partition coefficient (Wildman–Crippen LogP) is 1.90. The summed E-state index contributed by atoms with van der Waals surface area (Å²) in [4.78, 5) is 40.1. The lowest BCUT2D eigenvalue weighted by Crippen LogP contribution is -1.96. The Morgan fingerprint density at radius 2 is 1.10 bits per heavy atom. The molecule has 0 amide bonds. The maximum Gasteiger partial charge on any atom is 0.338 e. The van der Waals surface area contributed by atoms with E-state index in [4.69, 9.17) is 10.2 Å². The zero-order valence-corrected chi connectivity index (χ0v) is 11.7. The number of carboxylic acids is 2. The van der Waals surface area contributed by atoms with Gasteiger partial charge in [0.2, 0.25) is 0 Å². The fourth-order valence-corrected chi connectivity index (χ4v) is 1.56. The van der Waals surface area contributed by atoms with E-state index in [1.807, 2.05) is 0 Å². The summed E-state index contributed by atoms with van der Waals surface area (Å²) < 4.78 is 3.97. The topological polar surface area (TPSA) is 118 Å². The molecule has 0 radical (unpaired) electrons. The van der Waals surface area contributed by atoms with E-state index in [0.29, 0.717) is 0 Å². The molecule has 0 aromatic carbocycles. The van der Waals surface area contributed by atoms with Gasteiger partial charge in [-0.25, -0.2) is 9.59 Å². The van der Waals surface area contributed by atoms with Crippen LogP contribution in [-0.4, -0.2) is 34.1 Å². The number of hydrogen-bond donors (Lipinski definition) is 2. The molecular formula is C14H20O7. The zero-order valence-electron chi connectivity index (χ0n) is 11.7. The number of cyclic esters (lactones) is 2. The Morgan fingerprint density at radius 3 is 1.33 bits per heavy atom. The highest BCUT2D eigenvalue weighted by atomic mass is 16.6. The van der Waals surface area contributed by atoms with Gasteiger partial charge in [-0.1, -0.05) is 25.7 Å². The maximum atomic E-state index is 10.1. The molecule has 0 aliphatic carbocycles. The molecule has 1 aliphatic heterocycles. The van der Waals surface area contributed by atoms with Gasteiger partial charge in [0.25, 0.3) is 0 Å². The maximum absolute atomic E-state index is 10.1. The third-order valence-electron chi connectivity index (χ3n) is 2.59. The fraction of sp³-hybridized carbons (Fsp3) is 0.571. The molecule has 0 aromatic heterocycles. The Morgan fingerprint density at radius 1 is 0.762 bits per heavy atom. The number of carboxylic acid groups (broad SMARTS) is 2. The first-order chi connectivity index (χ1) is 9.91. The molecule has 1 rings (SSSR count). The number of carbonyl (C=O) groups excluding carboxylic acids is 2. The summed E-state index contributed by atoms with van der Waals surface area (Å²) in [5.74, 6) is -2.64. The molecule has 21 heavy (non-hydrogen) atoms. The van der Waals surface area contributed by atoms with Gasteiger partial charge in [-0.05, 0) is 12.8 Å². The fourth-order valence-electron chi connectivity index (χ4n) is 1.56. The molecule has 0 saturated heterocycles. The molecule has 0 unspecified atom stereocenters. The highest BCUT2D eigenvalue weighted by Crippen LogP contribution is 2.08. The quantitative estimate of drug-likeness (QED) is 0.379. The van der Waals surface area contributed by atoms with E-state index in [9.17, 15) is 19.2 Å². The number of hydrogen-bond acceptors (Lipinski definition) is 5. The van der Waals surface area contributed by atoms with Crippen molar-refractivity contribution in [2.45, 2.75) is 51.4 Å². The van der Waals surface area contributed by atoms with Crippen molar-refractivity contribution < 1.29 is 34.1 Å². The molecule has 118 valence electrons. The van der Waals surface area contributed by atoms with E-state index in [1.165, 1.54) is 0 Å². The van der Waals surface area contributed by atoms with Gasteiger partial charge in [-0.2, -0.15) is 0 Å². The molecule has 2 N–H and O–H groups in total. The molecular weight excluding hydrogens is 280 g/mol. The third kappa shape index (κ3) is 14.0. The van der Waals surface area contributed by atoms with Gasteiger partial charge in [0.15, 0.2) is 0 Å². The van der Waals surface area contributed by atoms with Gasteiger partial charge in [0.1, 0.15) is 0 Å². The lowest BCUT2D eigenvalue weighted by Gasteiger charge is -1.98. The van der Waals surface area contributed by atoms with E-state index in [1.54, 1.807) is 0 Å². The standard InChI is InChI=1S/C10H18O4.C4H2O3/c11-9(12)7-5-3-1-2-4-6-8-10(13)14;5-3-1-2-4(6)7-3/h1-8H2,(H,11,12)(H,13,14);1-2H. The van der Waals surface area contributed by atoms with Gasteiger partial charge < -0.3 is 14.9 Å². The molecule has 0 atom stereocenters. The lowest BCUT2D eigenvalue weighted by molar-refractivity contribution is -0.150. The van der Waals surface area contributed by atoms with Crippen LogP contribution in [0.25, 0.3) is 0 Å². The minimum absolute atomic E-state index is 0.245. The van der Waals surface area contributed by atoms with Crippen LogP contribution in [0, 0.1) is 0 Å². The molecule has 7 nitrogen and oxygen atoms in total.